The number of hydrogen-bond acceptors (Lipinski definition) is 6. The van der Waals surface area contributed by atoms with Crippen LogP contribution in [-0.4, -0.2) is 53.3 Å². The van der Waals surface area contributed by atoms with Gasteiger partial charge in [0.15, 0.2) is 0 Å². The number of benzene rings is 1. The second-order valence-electron chi connectivity index (χ2n) is 8.78. The van der Waals surface area contributed by atoms with Gasteiger partial charge in [0.05, 0.1) is 7.11 Å². The Morgan fingerprint density at radius 1 is 1.33 bits per heavy atom. The van der Waals surface area contributed by atoms with Crippen LogP contribution in [-0.2, 0) is 16.7 Å². The fourth-order valence-electron chi connectivity index (χ4n) is 4.16. The van der Waals surface area contributed by atoms with Gasteiger partial charge in [0.2, 0.25) is 0 Å². The summed E-state index contributed by atoms with van der Waals surface area (Å²) in [6, 6.07) is 5.98. The normalized spacial score (nSPS) is 18.9. The average molecular weight is 661 g/mol. The van der Waals surface area contributed by atoms with Crippen LogP contribution in [0.4, 0.5) is 5.69 Å². The van der Waals surface area contributed by atoms with Crippen LogP contribution in [0.1, 0.15) is 50.4 Å². The van der Waals surface area contributed by atoms with Gasteiger partial charge in [0, 0.05) is 0 Å². The molecule has 1 aromatic heterocycles. The quantitative estimate of drug-likeness (QED) is 0.228. The predicted molar refractivity (Wildman–Crippen MR) is 152 cm³/mol. The number of hydrogen-bond donors (Lipinski definition) is 1. The van der Waals surface area contributed by atoms with Crippen molar-refractivity contribution in [1.82, 2.24) is 0 Å². The Hall–Kier alpha value is -1.28. The predicted octanol–water partition coefficient (Wildman–Crippen LogP) is 5.14. The van der Waals surface area contributed by atoms with Crippen LogP contribution < -0.4 is 17.9 Å². The van der Waals surface area contributed by atoms with Crippen LogP contribution in [0.15, 0.2) is 45.3 Å². The number of allylic oxidation sites excluding steroid dienone is 3. The van der Waals surface area contributed by atoms with E-state index in [4.69, 9.17) is 4.74 Å². The Kier molecular flexibility index (Phi) is 8.96. The zero-order valence-electron chi connectivity index (χ0n) is 21.3. The molecule has 0 bridgehead atoms. The molecule has 0 aliphatic carbocycles. The van der Waals surface area contributed by atoms with E-state index < -0.39 is 10.1 Å². The molecule has 0 amide bonds. The van der Waals surface area contributed by atoms with Gasteiger partial charge in [-0.25, -0.2) is 0 Å². The molecule has 3 heterocycles. The van der Waals surface area contributed by atoms with E-state index in [1.165, 1.54) is 21.0 Å². The van der Waals surface area contributed by atoms with Gasteiger partial charge in [-0.15, -0.1) is 0 Å². The van der Waals surface area contributed by atoms with E-state index >= 15 is 0 Å². The number of nitrogens with zero attached hydrogens (tertiary/aromatic N) is 2. The minimum Gasteiger partial charge on any atom is -0.286 e. The third kappa shape index (κ3) is 6.23. The van der Waals surface area contributed by atoms with Crippen molar-refractivity contribution in [3.63, 3.8) is 0 Å². The number of fused-ring (bicyclic) bond motifs is 2. The summed E-state index contributed by atoms with van der Waals surface area (Å²) in [6.07, 6.45) is 8.14. The number of ether oxygens (including phenoxy) is 1. The maximum atomic E-state index is 11.3. The molecule has 194 valence electrons. The zero-order valence-corrected chi connectivity index (χ0v) is 26.1. The summed E-state index contributed by atoms with van der Waals surface area (Å²) < 4.78 is 42.1. The molecule has 0 saturated carbocycles. The fraction of sp³-hybridized carbons (Fsp3) is 0.423. The van der Waals surface area contributed by atoms with Crippen molar-refractivity contribution in [2.24, 2.45) is 0 Å². The second kappa shape index (κ2) is 11.6. The Bertz CT molecular complexity index is 1350. The maximum absolute atomic E-state index is 11.3. The molecule has 0 radical (unpaired) electrons. The molecule has 2 aromatic rings. The van der Waals surface area contributed by atoms with Crippen LogP contribution in [0.5, 0.6) is 5.75 Å². The molecule has 4 rings (SSSR count). The second-order valence-corrected chi connectivity index (χ2v) is 16.3. The Morgan fingerprint density at radius 2 is 2.11 bits per heavy atom. The number of aromatic nitrogens is 1. The summed E-state index contributed by atoms with van der Waals surface area (Å²) in [7, 11) is -2.36. The molecular formula is C26H33N2O4S3Te+. The van der Waals surface area contributed by atoms with Crippen molar-refractivity contribution < 1.29 is 22.3 Å². The Labute approximate surface area is 233 Å². The van der Waals surface area contributed by atoms with Crippen LogP contribution in [0.25, 0.3) is 12.2 Å². The average Bonchev–Trinajstić information content (AvgIpc) is 3.34. The Balaban J connectivity index is 1.69. The molecule has 2 aliphatic heterocycles. The monoisotopic (exact) mass is 663 g/mol. The van der Waals surface area contributed by atoms with E-state index in [1.807, 2.05) is 29.5 Å². The van der Waals surface area contributed by atoms with E-state index in [1.54, 1.807) is 22.6 Å². The molecular weight excluding hydrogens is 628 g/mol. The third-order valence-electron chi connectivity index (χ3n) is 6.29. The van der Waals surface area contributed by atoms with Crippen molar-refractivity contribution in [2.45, 2.75) is 55.9 Å². The van der Waals surface area contributed by atoms with Crippen molar-refractivity contribution in [3.8, 4) is 5.75 Å². The first kappa shape index (κ1) is 27.7. The van der Waals surface area contributed by atoms with Crippen molar-refractivity contribution in [3.05, 3.63) is 50.3 Å². The van der Waals surface area contributed by atoms with Gasteiger partial charge in [-0.3, -0.25) is 4.55 Å². The summed E-state index contributed by atoms with van der Waals surface area (Å²) >= 11 is 3.31. The number of thioether (sulfide) groups is 1. The van der Waals surface area contributed by atoms with Gasteiger partial charge >= 0.3 is 214 Å². The minimum atomic E-state index is -4.00. The molecule has 0 saturated heterocycles. The molecule has 6 nitrogen and oxygen atoms in total. The van der Waals surface area contributed by atoms with Gasteiger partial charge in [-0.1, -0.05) is 0 Å². The minimum absolute atomic E-state index is 0.260. The number of thiazole rings is 1. The van der Waals surface area contributed by atoms with Gasteiger partial charge in [0.25, 0.3) is 0 Å². The topological polar surface area (TPSA) is 70.7 Å². The fourth-order valence-corrected chi connectivity index (χ4v) is 11.1. The third-order valence-corrected chi connectivity index (χ3v) is 13.7. The molecule has 36 heavy (non-hydrogen) atoms. The summed E-state index contributed by atoms with van der Waals surface area (Å²) in [5.74, 6) is 0.500. The van der Waals surface area contributed by atoms with E-state index in [9.17, 15) is 13.0 Å². The summed E-state index contributed by atoms with van der Waals surface area (Å²) in [4.78, 5) is 4.68. The molecule has 10 heteroatoms. The molecule has 0 fully saturated rings. The standard InChI is InChI=1S/C26H32N2O4S3Te/c1-6-19(14-24-27(7-2)26-23(34-24)13-17(3)18(4)36-26)15-25-28(11-8-12-35(29,30)31)21-16-20(32-5)9-10-22(21)33-25/h9-10,13-16,18H,6-8,11-12H2,1-5H3/p+1. The summed E-state index contributed by atoms with van der Waals surface area (Å²) in [5.41, 5.74) is 3.73. The summed E-state index contributed by atoms with van der Waals surface area (Å²) in [6.45, 7) is 10.5. The van der Waals surface area contributed by atoms with Crippen LogP contribution in [0.2, 0.25) is 3.97 Å². The molecule has 2 aliphatic rings. The van der Waals surface area contributed by atoms with Crippen molar-refractivity contribution >= 4 is 75.7 Å². The number of rotatable bonds is 9. The Morgan fingerprint density at radius 3 is 2.78 bits per heavy atom. The van der Waals surface area contributed by atoms with E-state index in [-0.39, 0.29) is 26.7 Å². The molecule has 0 spiro atoms. The van der Waals surface area contributed by atoms with E-state index in [0.717, 1.165) is 34.3 Å². The van der Waals surface area contributed by atoms with E-state index in [0.29, 0.717) is 16.9 Å². The molecule has 1 aromatic carbocycles. The van der Waals surface area contributed by atoms with Crippen molar-refractivity contribution in [1.29, 1.82) is 0 Å². The smallest absolute Gasteiger partial charge is 0.286 e. The number of anilines is 1. The van der Waals surface area contributed by atoms with E-state index in [2.05, 4.69) is 55.4 Å². The first-order chi connectivity index (χ1) is 17.1. The number of methoxy groups -OCH3 is 1. The van der Waals surface area contributed by atoms with Crippen molar-refractivity contribution in [2.75, 3.05) is 24.3 Å². The molecule has 1 atom stereocenters. The first-order valence-corrected chi connectivity index (χ1v) is 17.8. The van der Waals surface area contributed by atoms with Gasteiger partial charge in [-0.2, -0.15) is 8.42 Å². The van der Waals surface area contributed by atoms with Gasteiger partial charge in [-0.05, 0) is 0 Å². The van der Waals surface area contributed by atoms with Crippen LogP contribution >= 0.6 is 23.1 Å². The van der Waals surface area contributed by atoms with Crippen LogP contribution in [0.3, 0.4) is 0 Å². The van der Waals surface area contributed by atoms with Crippen LogP contribution in [0, 0.1) is 0 Å². The summed E-state index contributed by atoms with van der Waals surface area (Å²) in [5, 5.41) is 2.35. The van der Waals surface area contributed by atoms with Gasteiger partial charge < -0.3 is 0 Å². The van der Waals surface area contributed by atoms with Gasteiger partial charge in [0.1, 0.15) is 0 Å². The SMILES string of the molecule is CCC(=Cc1sc2c([n+]1CC)[Te]C(C)C(C)=C2)C=C1Sc2ccc(OC)cc2N1CCCS(=O)(=O)O. The first-order valence-electron chi connectivity index (χ1n) is 12.1. The molecule has 1 unspecified atom stereocenters. The zero-order chi connectivity index (χ0) is 26.0. The molecule has 1 N–H and O–H groups in total.